The molecular weight excluding hydrogens is 432 g/mol. The van der Waals surface area contributed by atoms with Gasteiger partial charge in [-0.2, -0.15) is 0 Å². The maximum atomic E-state index is 11.2. The van der Waals surface area contributed by atoms with Gasteiger partial charge in [-0.05, 0) is 23.6 Å². The van der Waals surface area contributed by atoms with Gasteiger partial charge in [0.25, 0.3) is 0 Å². The second-order valence-electron chi connectivity index (χ2n) is 8.63. The maximum absolute atomic E-state index is 11.2. The summed E-state index contributed by atoms with van der Waals surface area (Å²) in [7, 11) is 0. The van der Waals surface area contributed by atoms with E-state index in [-0.39, 0.29) is 13.2 Å². The third-order valence-corrected chi connectivity index (χ3v) is 5.93. The van der Waals surface area contributed by atoms with Crippen molar-refractivity contribution in [3.63, 3.8) is 0 Å². The van der Waals surface area contributed by atoms with Crippen molar-refractivity contribution in [3.8, 4) is 0 Å². The number of hydrogen-bond acceptors (Lipinski definition) is 6. The minimum atomic E-state index is -1.68. The van der Waals surface area contributed by atoms with Crippen LogP contribution in [0.1, 0.15) is 23.6 Å². The van der Waals surface area contributed by atoms with Crippen LogP contribution in [0.15, 0.2) is 91.0 Å². The maximum Gasteiger partial charge on any atom is 0.192 e. The van der Waals surface area contributed by atoms with Crippen LogP contribution in [0.4, 0.5) is 0 Å². The molecule has 6 heteroatoms. The molecule has 1 fully saturated rings. The first-order valence-electron chi connectivity index (χ1n) is 11.5. The third-order valence-electron chi connectivity index (χ3n) is 5.93. The lowest BCUT2D eigenvalue weighted by atomic mass is 9.92. The SMILES string of the molecule is CC1(O)OC(CO)C(OCc2ccccc2)C(OCc2ccccc2)C1OCc1ccccc1. The molecule has 34 heavy (non-hydrogen) atoms. The van der Waals surface area contributed by atoms with Crippen LogP contribution in [-0.2, 0) is 38.8 Å². The smallest absolute Gasteiger partial charge is 0.192 e. The molecule has 0 aliphatic carbocycles. The van der Waals surface area contributed by atoms with E-state index in [9.17, 15) is 10.2 Å². The van der Waals surface area contributed by atoms with Gasteiger partial charge in [-0.15, -0.1) is 0 Å². The van der Waals surface area contributed by atoms with Gasteiger partial charge in [0.05, 0.1) is 26.4 Å². The summed E-state index contributed by atoms with van der Waals surface area (Å²) in [4.78, 5) is 0. The van der Waals surface area contributed by atoms with Crippen molar-refractivity contribution in [3.05, 3.63) is 108 Å². The Hall–Kier alpha value is -2.58. The number of aliphatic hydroxyl groups is 2. The highest BCUT2D eigenvalue weighted by Gasteiger charge is 2.53. The Labute approximate surface area is 200 Å². The quantitative estimate of drug-likeness (QED) is 0.475. The first kappa shape index (κ1) is 24.5. The standard InChI is InChI=1S/C28H32O6/c1-28(30)27(33-20-23-15-9-4-10-16-23)26(32-19-22-13-7-3-8-14-22)25(24(17-29)34-28)31-18-21-11-5-2-6-12-21/h2-16,24-27,29-30H,17-20H2,1H3. The number of rotatable bonds is 10. The number of ether oxygens (including phenoxy) is 4. The van der Waals surface area contributed by atoms with Gasteiger partial charge in [-0.3, -0.25) is 0 Å². The molecule has 0 saturated carbocycles. The predicted molar refractivity (Wildman–Crippen MR) is 128 cm³/mol. The summed E-state index contributed by atoms with van der Waals surface area (Å²) in [6.45, 7) is 2.09. The van der Waals surface area contributed by atoms with Crippen molar-refractivity contribution >= 4 is 0 Å². The van der Waals surface area contributed by atoms with Gasteiger partial charge in [0.2, 0.25) is 0 Å². The minimum absolute atomic E-state index is 0.269. The van der Waals surface area contributed by atoms with Crippen molar-refractivity contribution in [1.82, 2.24) is 0 Å². The van der Waals surface area contributed by atoms with Crippen molar-refractivity contribution in [2.24, 2.45) is 0 Å². The van der Waals surface area contributed by atoms with Gasteiger partial charge in [-0.1, -0.05) is 91.0 Å². The molecule has 1 aliphatic rings. The molecule has 4 rings (SSSR count). The van der Waals surface area contributed by atoms with E-state index in [0.29, 0.717) is 13.2 Å². The zero-order chi connectivity index (χ0) is 23.8. The van der Waals surface area contributed by atoms with E-state index in [4.69, 9.17) is 18.9 Å². The minimum Gasteiger partial charge on any atom is -0.394 e. The fraction of sp³-hybridized carbons (Fsp3) is 0.357. The van der Waals surface area contributed by atoms with Gasteiger partial charge >= 0.3 is 0 Å². The van der Waals surface area contributed by atoms with Gasteiger partial charge in [0.1, 0.15) is 24.4 Å². The third kappa shape index (κ3) is 6.30. The van der Waals surface area contributed by atoms with E-state index in [0.717, 1.165) is 16.7 Å². The fourth-order valence-electron chi connectivity index (χ4n) is 4.20. The molecule has 1 saturated heterocycles. The number of aliphatic hydroxyl groups excluding tert-OH is 1. The Kier molecular flexibility index (Phi) is 8.45. The van der Waals surface area contributed by atoms with Gasteiger partial charge in [-0.25, -0.2) is 0 Å². The lowest BCUT2D eigenvalue weighted by Crippen LogP contribution is -2.66. The summed E-state index contributed by atoms with van der Waals surface area (Å²) < 4.78 is 24.7. The average Bonchev–Trinajstić information content (AvgIpc) is 2.87. The largest absolute Gasteiger partial charge is 0.394 e. The van der Waals surface area contributed by atoms with Crippen LogP contribution >= 0.6 is 0 Å². The zero-order valence-corrected chi connectivity index (χ0v) is 19.3. The Bertz CT molecular complexity index is 980. The van der Waals surface area contributed by atoms with E-state index in [1.54, 1.807) is 0 Å². The van der Waals surface area contributed by atoms with Crippen molar-refractivity contribution < 1.29 is 29.2 Å². The second-order valence-corrected chi connectivity index (χ2v) is 8.63. The van der Waals surface area contributed by atoms with Crippen molar-refractivity contribution in [1.29, 1.82) is 0 Å². The average molecular weight is 465 g/mol. The number of hydrogen-bond donors (Lipinski definition) is 2. The van der Waals surface area contributed by atoms with E-state index in [1.165, 1.54) is 6.92 Å². The predicted octanol–water partition coefficient (Wildman–Crippen LogP) is 3.84. The molecule has 3 aromatic rings. The molecular formula is C28H32O6. The summed E-state index contributed by atoms with van der Waals surface area (Å²) in [5.41, 5.74) is 2.93. The van der Waals surface area contributed by atoms with E-state index in [2.05, 4.69) is 0 Å². The van der Waals surface area contributed by atoms with Crippen molar-refractivity contribution in [2.75, 3.05) is 6.61 Å². The summed E-state index contributed by atoms with van der Waals surface area (Å²) in [6, 6.07) is 29.3. The highest BCUT2D eigenvalue weighted by atomic mass is 16.7. The summed E-state index contributed by atoms with van der Waals surface area (Å²) in [6.07, 6.45) is -2.97. The molecule has 0 aromatic heterocycles. The van der Waals surface area contributed by atoms with E-state index >= 15 is 0 Å². The van der Waals surface area contributed by atoms with Crippen LogP contribution in [0.25, 0.3) is 0 Å². The number of benzene rings is 3. The summed E-state index contributed by atoms with van der Waals surface area (Å²) >= 11 is 0. The zero-order valence-electron chi connectivity index (χ0n) is 19.3. The Morgan fingerprint density at radius 1 is 0.676 bits per heavy atom. The molecule has 5 unspecified atom stereocenters. The molecule has 0 bridgehead atoms. The molecule has 0 amide bonds. The highest BCUT2D eigenvalue weighted by molar-refractivity contribution is 5.16. The Balaban J connectivity index is 1.58. The van der Waals surface area contributed by atoms with Crippen LogP contribution < -0.4 is 0 Å². The molecule has 1 aliphatic heterocycles. The topological polar surface area (TPSA) is 77.4 Å². The Morgan fingerprint density at radius 2 is 1.09 bits per heavy atom. The molecule has 180 valence electrons. The molecule has 3 aromatic carbocycles. The van der Waals surface area contributed by atoms with Crippen LogP contribution in [0.2, 0.25) is 0 Å². The monoisotopic (exact) mass is 464 g/mol. The van der Waals surface area contributed by atoms with Gasteiger partial charge in [0.15, 0.2) is 5.79 Å². The van der Waals surface area contributed by atoms with Crippen LogP contribution in [-0.4, -0.2) is 47.0 Å². The molecule has 0 spiro atoms. The van der Waals surface area contributed by atoms with Crippen LogP contribution in [0.5, 0.6) is 0 Å². The summed E-state index contributed by atoms with van der Waals surface area (Å²) in [5, 5.41) is 21.3. The molecule has 2 N–H and O–H groups in total. The molecule has 1 heterocycles. The Morgan fingerprint density at radius 3 is 1.53 bits per heavy atom. The fourth-order valence-corrected chi connectivity index (χ4v) is 4.20. The van der Waals surface area contributed by atoms with Crippen LogP contribution in [0.3, 0.4) is 0 Å². The first-order valence-corrected chi connectivity index (χ1v) is 11.5. The van der Waals surface area contributed by atoms with Crippen LogP contribution in [0, 0.1) is 0 Å². The highest BCUT2D eigenvalue weighted by Crippen LogP contribution is 2.35. The van der Waals surface area contributed by atoms with Crippen molar-refractivity contribution in [2.45, 2.75) is 56.9 Å². The molecule has 6 nitrogen and oxygen atoms in total. The van der Waals surface area contributed by atoms with E-state index < -0.39 is 30.2 Å². The molecule has 0 radical (unpaired) electrons. The van der Waals surface area contributed by atoms with Gasteiger partial charge in [0, 0.05) is 0 Å². The first-order chi connectivity index (χ1) is 16.6. The second kappa shape index (κ2) is 11.7. The van der Waals surface area contributed by atoms with E-state index in [1.807, 2.05) is 91.0 Å². The summed E-state index contributed by atoms with van der Waals surface area (Å²) in [5.74, 6) is -1.68. The van der Waals surface area contributed by atoms with Gasteiger partial charge < -0.3 is 29.2 Å². The lowest BCUT2D eigenvalue weighted by molar-refractivity contribution is -0.362. The lowest BCUT2D eigenvalue weighted by Gasteiger charge is -2.48. The normalized spacial score (nSPS) is 26.9. The molecule has 5 atom stereocenters.